The van der Waals surface area contributed by atoms with Crippen LogP contribution < -0.4 is 5.56 Å². The van der Waals surface area contributed by atoms with Crippen LogP contribution in [0.1, 0.15) is 25.0 Å². The van der Waals surface area contributed by atoms with Crippen molar-refractivity contribution in [3.05, 3.63) is 28.2 Å². The van der Waals surface area contributed by atoms with Gasteiger partial charge in [0.2, 0.25) is 0 Å². The molecule has 0 N–H and O–H groups in total. The van der Waals surface area contributed by atoms with Crippen molar-refractivity contribution in [2.24, 2.45) is 5.92 Å². The van der Waals surface area contributed by atoms with Crippen LogP contribution in [0.25, 0.3) is 0 Å². The van der Waals surface area contributed by atoms with Crippen molar-refractivity contribution in [1.29, 1.82) is 0 Å². The lowest BCUT2D eigenvalue weighted by Crippen LogP contribution is -2.54. The van der Waals surface area contributed by atoms with Crippen LogP contribution in [0.4, 0.5) is 0 Å². The number of hydrogen-bond donors (Lipinski definition) is 0. The number of likely N-dealkylation sites (tertiary alicyclic amines) is 2. The van der Waals surface area contributed by atoms with Gasteiger partial charge < -0.3 is 9.80 Å². The summed E-state index contributed by atoms with van der Waals surface area (Å²) in [6.45, 7) is 7.33. The summed E-state index contributed by atoms with van der Waals surface area (Å²) in [6, 6.07) is 4.13. The van der Waals surface area contributed by atoms with E-state index in [1.54, 1.807) is 16.8 Å². The monoisotopic (exact) mass is 290 g/mol. The summed E-state index contributed by atoms with van der Waals surface area (Å²) in [5.41, 5.74) is 0.931. The van der Waals surface area contributed by atoms with Gasteiger partial charge >= 0.3 is 0 Å². The van der Waals surface area contributed by atoms with Gasteiger partial charge in [-0.15, -0.1) is 0 Å². The molecule has 0 spiro atoms. The van der Waals surface area contributed by atoms with Gasteiger partial charge in [0.15, 0.2) is 0 Å². The average molecular weight is 290 g/mol. The molecule has 1 aromatic heterocycles. The zero-order valence-electron chi connectivity index (χ0n) is 13.2. The molecule has 3 heterocycles. The van der Waals surface area contributed by atoms with Crippen molar-refractivity contribution in [2.75, 3.05) is 33.2 Å². The van der Waals surface area contributed by atoms with E-state index in [0.29, 0.717) is 5.92 Å². The Labute approximate surface area is 126 Å². The van der Waals surface area contributed by atoms with E-state index >= 15 is 0 Å². The Morgan fingerprint density at radius 2 is 2.05 bits per heavy atom. The smallest absolute Gasteiger partial charge is 0.266 e. The fourth-order valence-corrected chi connectivity index (χ4v) is 3.54. The van der Waals surface area contributed by atoms with E-state index in [-0.39, 0.29) is 5.56 Å². The second-order valence-corrected chi connectivity index (χ2v) is 6.71. The first kappa shape index (κ1) is 14.7. The van der Waals surface area contributed by atoms with E-state index < -0.39 is 0 Å². The molecule has 21 heavy (non-hydrogen) atoms. The fraction of sp³-hybridized carbons (Fsp3) is 0.750. The number of aryl methyl sites for hydroxylation is 1. The minimum absolute atomic E-state index is 0.0195. The maximum absolute atomic E-state index is 11.8. The Morgan fingerprint density at radius 1 is 1.24 bits per heavy atom. The highest BCUT2D eigenvalue weighted by molar-refractivity contribution is 4.97. The first-order valence-corrected chi connectivity index (χ1v) is 8.09. The lowest BCUT2D eigenvalue weighted by atomic mass is 9.96. The molecule has 3 rings (SSSR count). The second kappa shape index (κ2) is 6.28. The van der Waals surface area contributed by atoms with Crippen molar-refractivity contribution in [3.8, 4) is 0 Å². The summed E-state index contributed by atoms with van der Waals surface area (Å²) in [4.78, 5) is 16.8. The highest BCUT2D eigenvalue weighted by Crippen LogP contribution is 2.21. The summed E-state index contributed by atoms with van der Waals surface area (Å²) in [5.74, 6) is 0.575. The van der Waals surface area contributed by atoms with E-state index in [0.717, 1.165) is 31.4 Å². The molecule has 2 aliphatic rings. The molecule has 116 valence electrons. The molecule has 0 aromatic carbocycles. The Balaban J connectivity index is 1.47. The summed E-state index contributed by atoms with van der Waals surface area (Å²) < 4.78 is 1.63. The standard InChI is InChI=1S/C16H26N4O/c1-13-6-7-16(21)20(17-13)11-14-9-19(10-14)12-15-5-3-4-8-18(15)2/h6-7,14-15H,3-5,8-12H2,1-2H3. The molecule has 2 aliphatic heterocycles. The zero-order valence-corrected chi connectivity index (χ0v) is 13.2. The van der Waals surface area contributed by atoms with Crippen LogP contribution in [0.3, 0.4) is 0 Å². The van der Waals surface area contributed by atoms with Crippen LogP contribution in [0.15, 0.2) is 16.9 Å². The van der Waals surface area contributed by atoms with Crippen molar-refractivity contribution in [1.82, 2.24) is 19.6 Å². The van der Waals surface area contributed by atoms with E-state index in [9.17, 15) is 4.79 Å². The van der Waals surface area contributed by atoms with Gasteiger partial charge in [-0.2, -0.15) is 5.10 Å². The summed E-state index contributed by atoms with van der Waals surface area (Å²) >= 11 is 0. The third kappa shape index (κ3) is 3.52. The van der Waals surface area contributed by atoms with Crippen molar-refractivity contribution in [2.45, 2.75) is 38.8 Å². The molecule has 0 aliphatic carbocycles. The second-order valence-electron chi connectivity index (χ2n) is 6.71. The van der Waals surface area contributed by atoms with Gasteiger partial charge in [0, 0.05) is 37.7 Å². The minimum atomic E-state index is 0.0195. The predicted octanol–water partition coefficient (Wildman–Crippen LogP) is 0.968. The fourth-order valence-electron chi connectivity index (χ4n) is 3.54. The number of rotatable bonds is 4. The topological polar surface area (TPSA) is 41.4 Å². The first-order valence-electron chi connectivity index (χ1n) is 8.09. The molecule has 1 aromatic rings. The van der Waals surface area contributed by atoms with E-state index in [2.05, 4.69) is 21.9 Å². The van der Waals surface area contributed by atoms with Gasteiger partial charge in [0.05, 0.1) is 12.2 Å². The van der Waals surface area contributed by atoms with Gasteiger partial charge in [0.1, 0.15) is 0 Å². The number of piperidine rings is 1. The highest BCUT2D eigenvalue weighted by atomic mass is 16.1. The quantitative estimate of drug-likeness (QED) is 0.828. The molecule has 5 nitrogen and oxygen atoms in total. The van der Waals surface area contributed by atoms with Gasteiger partial charge in [0.25, 0.3) is 5.56 Å². The predicted molar refractivity (Wildman–Crippen MR) is 83.4 cm³/mol. The van der Waals surface area contributed by atoms with Crippen LogP contribution in [0.2, 0.25) is 0 Å². The summed E-state index contributed by atoms with van der Waals surface area (Å²) in [5, 5.41) is 4.32. The molecule has 0 radical (unpaired) electrons. The minimum Gasteiger partial charge on any atom is -0.302 e. The van der Waals surface area contributed by atoms with E-state index in [4.69, 9.17) is 0 Å². The maximum atomic E-state index is 11.8. The normalized spacial score (nSPS) is 25.0. The Bertz CT molecular complexity index is 535. The Hall–Kier alpha value is -1.20. The molecule has 1 unspecified atom stereocenters. The Kier molecular flexibility index (Phi) is 4.40. The summed E-state index contributed by atoms with van der Waals surface area (Å²) in [6.07, 6.45) is 4.04. The van der Waals surface area contributed by atoms with Gasteiger partial charge in [-0.1, -0.05) is 6.42 Å². The van der Waals surface area contributed by atoms with Gasteiger partial charge in [-0.25, -0.2) is 4.68 Å². The van der Waals surface area contributed by atoms with Crippen LogP contribution in [-0.2, 0) is 6.54 Å². The lowest BCUT2D eigenvalue weighted by Gasteiger charge is -2.44. The van der Waals surface area contributed by atoms with E-state index in [1.165, 1.54) is 32.4 Å². The maximum Gasteiger partial charge on any atom is 0.266 e. The third-order valence-corrected chi connectivity index (χ3v) is 4.85. The molecular weight excluding hydrogens is 264 g/mol. The highest BCUT2D eigenvalue weighted by Gasteiger charge is 2.30. The number of aromatic nitrogens is 2. The number of nitrogens with zero attached hydrogens (tertiary/aromatic N) is 4. The van der Waals surface area contributed by atoms with Crippen molar-refractivity contribution in [3.63, 3.8) is 0 Å². The lowest BCUT2D eigenvalue weighted by molar-refractivity contribution is 0.0427. The molecular formula is C16H26N4O. The van der Waals surface area contributed by atoms with Crippen molar-refractivity contribution < 1.29 is 0 Å². The molecule has 5 heteroatoms. The third-order valence-electron chi connectivity index (χ3n) is 4.85. The van der Waals surface area contributed by atoms with E-state index in [1.807, 2.05) is 6.92 Å². The molecule has 0 saturated carbocycles. The summed E-state index contributed by atoms with van der Waals surface area (Å²) in [7, 11) is 2.25. The van der Waals surface area contributed by atoms with Crippen molar-refractivity contribution >= 4 is 0 Å². The zero-order chi connectivity index (χ0) is 14.8. The number of likely N-dealkylation sites (N-methyl/N-ethyl adjacent to an activating group) is 1. The van der Waals surface area contributed by atoms with Crippen LogP contribution in [0.5, 0.6) is 0 Å². The van der Waals surface area contributed by atoms with Crippen LogP contribution in [0, 0.1) is 12.8 Å². The molecule has 1 atom stereocenters. The molecule has 2 saturated heterocycles. The molecule has 2 fully saturated rings. The first-order chi connectivity index (χ1) is 10.1. The SMILES string of the molecule is Cc1ccc(=O)n(CC2CN(CC3CCCCN3C)C2)n1. The van der Waals surface area contributed by atoms with Crippen LogP contribution in [-0.4, -0.2) is 58.8 Å². The molecule has 0 bridgehead atoms. The van der Waals surface area contributed by atoms with Crippen LogP contribution >= 0.6 is 0 Å². The number of hydrogen-bond acceptors (Lipinski definition) is 4. The Morgan fingerprint density at radius 3 is 2.81 bits per heavy atom. The van der Waals surface area contributed by atoms with Gasteiger partial charge in [-0.05, 0) is 39.4 Å². The molecule has 0 amide bonds. The largest absolute Gasteiger partial charge is 0.302 e. The average Bonchev–Trinajstić information content (AvgIpc) is 2.42. The van der Waals surface area contributed by atoms with Gasteiger partial charge in [-0.3, -0.25) is 4.79 Å².